The van der Waals surface area contributed by atoms with E-state index in [0.717, 1.165) is 13.0 Å². The number of para-hydroxylation sites is 1. The Labute approximate surface area is 126 Å². The standard InChI is InChI=1S/C19H22N2/c1-14-5-3-6-15(2)18(14)13-21-12-10-17-8-4-7-16(9-11-20)19(17)21/h3-8,10,12H,9,11,13,20H2,1-2H3. The van der Waals surface area contributed by atoms with Gasteiger partial charge in [-0.1, -0.05) is 36.4 Å². The second kappa shape index (κ2) is 5.74. The zero-order chi connectivity index (χ0) is 14.8. The maximum Gasteiger partial charge on any atom is 0.0516 e. The Balaban J connectivity index is 2.09. The lowest BCUT2D eigenvalue weighted by Crippen LogP contribution is -2.07. The molecule has 2 nitrogen and oxygen atoms in total. The number of aryl methyl sites for hydroxylation is 2. The Kier molecular flexibility index (Phi) is 3.80. The summed E-state index contributed by atoms with van der Waals surface area (Å²) < 4.78 is 2.36. The van der Waals surface area contributed by atoms with E-state index < -0.39 is 0 Å². The molecule has 0 spiro atoms. The summed E-state index contributed by atoms with van der Waals surface area (Å²) in [4.78, 5) is 0. The molecule has 3 rings (SSSR count). The van der Waals surface area contributed by atoms with Crippen LogP contribution in [0.5, 0.6) is 0 Å². The topological polar surface area (TPSA) is 30.9 Å². The lowest BCUT2D eigenvalue weighted by atomic mass is 10.0. The number of rotatable bonds is 4. The van der Waals surface area contributed by atoms with Crippen molar-refractivity contribution in [3.8, 4) is 0 Å². The predicted molar refractivity (Wildman–Crippen MR) is 89.7 cm³/mol. The monoisotopic (exact) mass is 278 g/mol. The number of aromatic nitrogens is 1. The molecule has 0 unspecified atom stereocenters. The lowest BCUT2D eigenvalue weighted by molar-refractivity contribution is 0.816. The van der Waals surface area contributed by atoms with E-state index in [0.29, 0.717) is 6.54 Å². The maximum absolute atomic E-state index is 5.76. The summed E-state index contributed by atoms with van der Waals surface area (Å²) in [5, 5.41) is 1.30. The van der Waals surface area contributed by atoms with Crippen molar-refractivity contribution in [1.82, 2.24) is 4.57 Å². The minimum atomic E-state index is 0.688. The van der Waals surface area contributed by atoms with E-state index in [-0.39, 0.29) is 0 Å². The number of benzene rings is 2. The first-order valence-corrected chi connectivity index (χ1v) is 7.52. The molecular formula is C19H22N2. The molecule has 0 amide bonds. The van der Waals surface area contributed by atoms with Crippen LogP contribution in [0.1, 0.15) is 22.3 Å². The van der Waals surface area contributed by atoms with Gasteiger partial charge < -0.3 is 10.3 Å². The van der Waals surface area contributed by atoms with Crippen LogP contribution in [-0.4, -0.2) is 11.1 Å². The van der Waals surface area contributed by atoms with Gasteiger partial charge in [0.15, 0.2) is 0 Å². The first kappa shape index (κ1) is 13.9. The molecule has 2 N–H and O–H groups in total. The van der Waals surface area contributed by atoms with Gasteiger partial charge in [-0.3, -0.25) is 0 Å². The van der Waals surface area contributed by atoms with Crippen LogP contribution in [0.25, 0.3) is 10.9 Å². The molecule has 0 saturated heterocycles. The average Bonchev–Trinajstić information content (AvgIpc) is 2.88. The van der Waals surface area contributed by atoms with Gasteiger partial charge in [0.25, 0.3) is 0 Å². The highest BCUT2D eigenvalue weighted by Gasteiger charge is 2.09. The van der Waals surface area contributed by atoms with Gasteiger partial charge in [-0.25, -0.2) is 0 Å². The van der Waals surface area contributed by atoms with E-state index >= 15 is 0 Å². The summed E-state index contributed by atoms with van der Waals surface area (Å²) >= 11 is 0. The quantitative estimate of drug-likeness (QED) is 0.773. The van der Waals surface area contributed by atoms with E-state index in [1.54, 1.807) is 0 Å². The zero-order valence-corrected chi connectivity index (χ0v) is 12.8. The van der Waals surface area contributed by atoms with Crippen molar-refractivity contribution in [3.05, 3.63) is 70.9 Å². The van der Waals surface area contributed by atoms with E-state index in [4.69, 9.17) is 5.73 Å². The second-order valence-electron chi connectivity index (χ2n) is 5.71. The van der Waals surface area contributed by atoms with Gasteiger partial charge in [-0.15, -0.1) is 0 Å². The van der Waals surface area contributed by atoms with Crippen molar-refractivity contribution < 1.29 is 0 Å². The first-order valence-electron chi connectivity index (χ1n) is 7.52. The molecule has 0 radical (unpaired) electrons. The molecule has 0 bridgehead atoms. The van der Waals surface area contributed by atoms with E-state index in [9.17, 15) is 0 Å². The minimum Gasteiger partial charge on any atom is -0.343 e. The van der Waals surface area contributed by atoms with Crippen LogP contribution in [0.2, 0.25) is 0 Å². The molecule has 0 aliphatic rings. The predicted octanol–water partition coefficient (Wildman–Crippen LogP) is 3.81. The van der Waals surface area contributed by atoms with Crippen LogP contribution in [0, 0.1) is 13.8 Å². The number of nitrogens with zero attached hydrogens (tertiary/aromatic N) is 1. The molecule has 3 aromatic rings. The van der Waals surface area contributed by atoms with E-state index in [1.807, 2.05) is 0 Å². The summed E-state index contributed by atoms with van der Waals surface area (Å²) in [5.74, 6) is 0. The number of hydrogen-bond donors (Lipinski definition) is 1. The average molecular weight is 278 g/mol. The zero-order valence-electron chi connectivity index (χ0n) is 12.8. The van der Waals surface area contributed by atoms with Crippen molar-refractivity contribution in [3.63, 3.8) is 0 Å². The largest absolute Gasteiger partial charge is 0.343 e. The summed E-state index contributed by atoms with van der Waals surface area (Å²) in [6.45, 7) is 5.99. The normalized spacial score (nSPS) is 11.2. The van der Waals surface area contributed by atoms with Crippen LogP contribution in [0.3, 0.4) is 0 Å². The molecule has 2 heteroatoms. The Morgan fingerprint density at radius 1 is 0.952 bits per heavy atom. The van der Waals surface area contributed by atoms with Crippen LogP contribution >= 0.6 is 0 Å². The fourth-order valence-corrected chi connectivity index (χ4v) is 3.10. The van der Waals surface area contributed by atoms with Crippen molar-refractivity contribution >= 4 is 10.9 Å². The highest BCUT2D eigenvalue weighted by molar-refractivity contribution is 5.83. The number of hydrogen-bond acceptors (Lipinski definition) is 1. The third-order valence-corrected chi connectivity index (χ3v) is 4.26. The van der Waals surface area contributed by atoms with Crippen molar-refractivity contribution in [2.24, 2.45) is 5.73 Å². The third kappa shape index (κ3) is 2.59. The van der Waals surface area contributed by atoms with Crippen LogP contribution in [0.15, 0.2) is 48.7 Å². The fraction of sp³-hybridized carbons (Fsp3) is 0.263. The lowest BCUT2D eigenvalue weighted by Gasteiger charge is -2.13. The van der Waals surface area contributed by atoms with Crippen LogP contribution in [-0.2, 0) is 13.0 Å². The van der Waals surface area contributed by atoms with Gasteiger partial charge in [0, 0.05) is 12.7 Å². The molecule has 1 aromatic heterocycles. The molecule has 0 fully saturated rings. The number of nitrogens with two attached hydrogens (primary N) is 1. The van der Waals surface area contributed by atoms with Crippen molar-refractivity contribution in [2.45, 2.75) is 26.8 Å². The first-order chi connectivity index (χ1) is 10.2. The summed E-state index contributed by atoms with van der Waals surface area (Å²) in [7, 11) is 0. The molecule has 0 saturated carbocycles. The Morgan fingerprint density at radius 3 is 2.38 bits per heavy atom. The van der Waals surface area contributed by atoms with E-state index in [2.05, 4.69) is 67.1 Å². The van der Waals surface area contributed by atoms with Gasteiger partial charge in [-0.2, -0.15) is 0 Å². The molecule has 21 heavy (non-hydrogen) atoms. The Bertz CT molecular complexity index is 748. The molecule has 0 aliphatic carbocycles. The summed E-state index contributed by atoms with van der Waals surface area (Å²) in [5.41, 5.74) is 12.5. The highest BCUT2D eigenvalue weighted by atomic mass is 15.0. The Hall–Kier alpha value is -2.06. The fourth-order valence-electron chi connectivity index (χ4n) is 3.10. The summed E-state index contributed by atoms with van der Waals surface area (Å²) in [6, 6.07) is 15.2. The minimum absolute atomic E-state index is 0.688. The molecule has 108 valence electrons. The summed E-state index contributed by atoms with van der Waals surface area (Å²) in [6.07, 6.45) is 3.12. The molecule has 0 atom stereocenters. The van der Waals surface area contributed by atoms with Crippen molar-refractivity contribution in [1.29, 1.82) is 0 Å². The van der Waals surface area contributed by atoms with Gasteiger partial charge >= 0.3 is 0 Å². The van der Waals surface area contributed by atoms with Gasteiger partial charge in [0.1, 0.15) is 0 Å². The van der Waals surface area contributed by atoms with Crippen molar-refractivity contribution in [2.75, 3.05) is 6.54 Å². The van der Waals surface area contributed by atoms with Gasteiger partial charge in [0.2, 0.25) is 0 Å². The third-order valence-electron chi connectivity index (χ3n) is 4.26. The second-order valence-corrected chi connectivity index (χ2v) is 5.71. The molecular weight excluding hydrogens is 256 g/mol. The number of fused-ring (bicyclic) bond motifs is 1. The maximum atomic E-state index is 5.76. The SMILES string of the molecule is Cc1cccc(C)c1Cn1ccc2cccc(CCN)c21. The molecule has 0 aliphatic heterocycles. The van der Waals surface area contributed by atoms with Crippen LogP contribution in [0.4, 0.5) is 0 Å². The van der Waals surface area contributed by atoms with E-state index in [1.165, 1.54) is 33.2 Å². The Morgan fingerprint density at radius 2 is 1.67 bits per heavy atom. The smallest absolute Gasteiger partial charge is 0.0516 e. The molecule has 1 heterocycles. The highest BCUT2D eigenvalue weighted by Crippen LogP contribution is 2.23. The van der Waals surface area contributed by atoms with Gasteiger partial charge in [-0.05, 0) is 60.5 Å². The van der Waals surface area contributed by atoms with Gasteiger partial charge in [0.05, 0.1) is 5.52 Å². The van der Waals surface area contributed by atoms with Crippen LogP contribution < -0.4 is 5.73 Å². The molecule has 2 aromatic carbocycles.